The first-order valence-corrected chi connectivity index (χ1v) is 12.1. The Morgan fingerprint density at radius 1 is 1.13 bits per heavy atom. The number of nitrogens with two attached hydrogens (primary N) is 1. The maximum atomic E-state index is 13.6. The Hall–Kier alpha value is -4.80. The number of H-pyrrole nitrogens is 1. The molecule has 2 heterocycles. The number of aryl methyl sites for hydroxylation is 1. The van der Waals surface area contributed by atoms with Crippen LogP contribution in [0, 0.1) is 19.7 Å². The second-order valence-electron chi connectivity index (χ2n) is 8.85. The van der Waals surface area contributed by atoms with E-state index in [1.165, 1.54) is 24.4 Å². The number of fused-ring (bicyclic) bond motifs is 1. The van der Waals surface area contributed by atoms with E-state index in [0.29, 0.717) is 70.9 Å². The standard InChI is InChI=1S/C27H28FN7O3/c1-15-22(14-31-35-25-18-13-17(28)10-11-20(18)34-27(25)38)32-16(2)24(15)26(37)30-12-6-5-9-23(36)33-21-8-4-3-7-19(21)29/h3-4,7-8,10-11,13-14,32H,5-6,9,12,29H2,1-2H3,(H,30,37)(H,33,36)(H,34,35,38)/b31-14+. The Labute approximate surface area is 218 Å². The summed E-state index contributed by atoms with van der Waals surface area (Å²) in [6, 6.07) is 11.0. The Morgan fingerprint density at radius 3 is 2.71 bits per heavy atom. The lowest BCUT2D eigenvalue weighted by molar-refractivity contribution is -0.116. The van der Waals surface area contributed by atoms with E-state index < -0.39 is 11.7 Å². The second-order valence-corrected chi connectivity index (χ2v) is 8.85. The number of carbonyl (C=O) groups is 3. The molecule has 38 heavy (non-hydrogen) atoms. The lowest BCUT2D eigenvalue weighted by atomic mass is 10.1. The minimum Gasteiger partial charge on any atom is -0.397 e. The molecule has 0 bridgehead atoms. The number of hydrogen-bond donors (Lipinski definition) is 5. The number of nitrogen functional groups attached to an aromatic ring is 1. The van der Waals surface area contributed by atoms with Crippen molar-refractivity contribution in [1.29, 1.82) is 0 Å². The number of hydrogen-bond acceptors (Lipinski definition) is 6. The van der Waals surface area contributed by atoms with Gasteiger partial charge < -0.3 is 26.7 Å². The highest BCUT2D eigenvalue weighted by Gasteiger charge is 2.26. The maximum absolute atomic E-state index is 13.6. The molecular weight excluding hydrogens is 489 g/mol. The summed E-state index contributed by atoms with van der Waals surface area (Å²) in [7, 11) is 0. The predicted molar refractivity (Wildman–Crippen MR) is 145 cm³/mol. The molecule has 0 unspecified atom stereocenters. The van der Waals surface area contributed by atoms with Crippen LogP contribution < -0.4 is 21.7 Å². The van der Waals surface area contributed by atoms with Gasteiger partial charge >= 0.3 is 0 Å². The minimum atomic E-state index is -0.482. The number of unbranched alkanes of at least 4 members (excludes halogenated alkanes) is 1. The first-order valence-electron chi connectivity index (χ1n) is 12.1. The number of benzene rings is 2. The lowest BCUT2D eigenvalue weighted by Gasteiger charge is -2.08. The first kappa shape index (κ1) is 26.3. The molecule has 0 aliphatic carbocycles. The second kappa shape index (κ2) is 11.5. The highest BCUT2D eigenvalue weighted by atomic mass is 19.1. The Kier molecular flexibility index (Phi) is 7.95. The summed E-state index contributed by atoms with van der Waals surface area (Å²) in [5, 5.41) is 16.2. The van der Waals surface area contributed by atoms with Crippen LogP contribution in [0.3, 0.4) is 0 Å². The predicted octanol–water partition coefficient (Wildman–Crippen LogP) is 3.67. The van der Waals surface area contributed by atoms with E-state index in [9.17, 15) is 18.8 Å². The number of aromatic nitrogens is 1. The molecule has 0 atom stereocenters. The van der Waals surface area contributed by atoms with Crippen LogP contribution in [0.15, 0.2) is 52.7 Å². The van der Waals surface area contributed by atoms with Gasteiger partial charge in [0.25, 0.3) is 11.8 Å². The number of carbonyl (C=O) groups excluding carboxylic acids is 3. The normalized spacial score (nSPS) is 13.6. The highest BCUT2D eigenvalue weighted by Crippen LogP contribution is 2.24. The van der Waals surface area contributed by atoms with Crippen molar-refractivity contribution < 1.29 is 18.8 Å². The molecular formula is C27H28FN7O3. The molecule has 1 aromatic heterocycles. The van der Waals surface area contributed by atoms with Crippen molar-refractivity contribution in [2.24, 2.45) is 10.2 Å². The molecule has 3 amide bonds. The smallest absolute Gasteiger partial charge is 0.276 e. The maximum Gasteiger partial charge on any atom is 0.276 e. The average molecular weight is 518 g/mol. The monoisotopic (exact) mass is 517 g/mol. The number of rotatable bonds is 9. The molecule has 0 saturated carbocycles. The third-order valence-electron chi connectivity index (χ3n) is 6.10. The third-order valence-corrected chi connectivity index (χ3v) is 6.10. The quantitative estimate of drug-likeness (QED) is 0.127. The Bertz CT molecular complexity index is 1460. The van der Waals surface area contributed by atoms with Gasteiger partial charge in [-0.3, -0.25) is 14.4 Å². The molecule has 1 aliphatic heterocycles. The SMILES string of the molecule is Cc1[nH]c(/C=N/N=C2\C(=O)Nc3ccc(F)cc32)c(C)c1C(=O)NCCCCC(=O)Nc1ccccc1N. The van der Waals surface area contributed by atoms with E-state index in [4.69, 9.17) is 5.73 Å². The van der Waals surface area contributed by atoms with E-state index in [1.54, 1.807) is 38.1 Å². The van der Waals surface area contributed by atoms with Crippen LogP contribution in [-0.4, -0.2) is 41.2 Å². The fourth-order valence-corrected chi connectivity index (χ4v) is 4.14. The van der Waals surface area contributed by atoms with Gasteiger partial charge in [0.1, 0.15) is 5.82 Å². The van der Waals surface area contributed by atoms with E-state index in [-0.39, 0.29) is 17.5 Å². The lowest BCUT2D eigenvalue weighted by Crippen LogP contribution is -2.25. The van der Waals surface area contributed by atoms with Gasteiger partial charge in [0.2, 0.25) is 5.91 Å². The molecule has 6 N–H and O–H groups in total. The van der Waals surface area contributed by atoms with Crippen molar-refractivity contribution in [2.45, 2.75) is 33.1 Å². The van der Waals surface area contributed by atoms with Crippen LogP contribution in [0.1, 0.15) is 52.1 Å². The van der Waals surface area contributed by atoms with Crippen LogP contribution in [0.4, 0.5) is 21.5 Å². The molecule has 0 spiro atoms. The van der Waals surface area contributed by atoms with Gasteiger partial charge in [0, 0.05) is 24.2 Å². The number of nitrogens with one attached hydrogen (secondary N) is 4. The zero-order valence-corrected chi connectivity index (χ0v) is 21.0. The summed E-state index contributed by atoms with van der Waals surface area (Å²) < 4.78 is 13.6. The molecule has 2 aromatic carbocycles. The molecule has 3 aromatic rings. The van der Waals surface area contributed by atoms with Crippen molar-refractivity contribution in [3.05, 3.63) is 76.4 Å². The molecule has 11 heteroatoms. The summed E-state index contributed by atoms with van der Waals surface area (Å²) in [4.78, 5) is 40.2. The van der Waals surface area contributed by atoms with Gasteiger partial charge in [-0.15, -0.1) is 5.10 Å². The highest BCUT2D eigenvalue weighted by molar-refractivity contribution is 6.53. The topological polar surface area (TPSA) is 154 Å². The first-order chi connectivity index (χ1) is 18.2. The van der Waals surface area contributed by atoms with Crippen LogP contribution in [0.5, 0.6) is 0 Å². The van der Waals surface area contributed by atoms with Crippen molar-refractivity contribution in [1.82, 2.24) is 10.3 Å². The molecule has 4 rings (SSSR count). The number of aromatic amines is 1. The fourth-order valence-electron chi connectivity index (χ4n) is 4.14. The molecule has 1 aliphatic rings. The summed E-state index contributed by atoms with van der Waals surface area (Å²) in [5.74, 6) is -1.33. The van der Waals surface area contributed by atoms with Crippen LogP contribution >= 0.6 is 0 Å². The van der Waals surface area contributed by atoms with E-state index in [0.717, 1.165) is 0 Å². The van der Waals surface area contributed by atoms with Gasteiger partial charge in [-0.1, -0.05) is 12.1 Å². The summed E-state index contributed by atoms with van der Waals surface area (Å²) in [6.45, 7) is 3.96. The van der Waals surface area contributed by atoms with E-state index in [2.05, 4.69) is 31.1 Å². The molecule has 196 valence electrons. The van der Waals surface area contributed by atoms with Crippen molar-refractivity contribution in [3.63, 3.8) is 0 Å². The van der Waals surface area contributed by atoms with E-state index >= 15 is 0 Å². The third kappa shape index (κ3) is 5.94. The molecule has 0 radical (unpaired) electrons. The van der Waals surface area contributed by atoms with Crippen molar-refractivity contribution in [2.75, 3.05) is 22.9 Å². The van der Waals surface area contributed by atoms with Gasteiger partial charge in [0.05, 0.1) is 34.5 Å². The van der Waals surface area contributed by atoms with Crippen LogP contribution in [-0.2, 0) is 9.59 Å². The summed E-state index contributed by atoms with van der Waals surface area (Å²) >= 11 is 0. The zero-order chi connectivity index (χ0) is 27.2. The average Bonchev–Trinajstić information content (AvgIpc) is 3.34. The number of amides is 3. The summed E-state index contributed by atoms with van der Waals surface area (Å²) in [5.41, 5.74) is 10.1. The van der Waals surface area contributed by atoms with Crippen LogP contribution in [0.2, 0.25) is 0 Å². The Morgan fingerprint density at radius 2 is 1.92 bits per heavy atom. The number of nitrogens with zero attached hydrogens (tertiary/aromatic N) is 2. The minimum absolute atomic E-state index is 0.00978. The van der Waals surface area contributed by atoms with E-state index in [1.807, 2.05) is 0 Å². The fraction of sp³-hybridized carbons (Fsp3) is 0.222. The van der Waals surface area contributed by atoms with Gasteiger partial charge in [-0.2, -0.15) is 5.10 Å². The number of halogens is 1. The molecule has 0 fully saturated rings. The largest absolute Gasteiger partial charge is 0.397 e. The molecule has 10 nitrogen and oxygen atoms in total. The number of para-hydroxylation sites is 2. The Balaban J connectivity index is 1.30. The van der Waals surface area contributed by atoms with Gasteiger partial charge in [-0.05, 0) is 62.6 Å². The van der Waals surface area contributed by atoms with Gasteiger partial charge in [-0.25, -0.2) is 4.39 Å². The number of anilines is 3. The zero-order valence-electron chi connectivity index (χ0n) is 21.0. The van der Waals surface area contributed by atoms with Crippen LogP contribution in [0.25, 0.3) is 0 Å². The van der Waals surface area contributed by atoms with Crippen molar-refractivity contribution in [3.8, 4) is 0 Å². The molecule has 0 saturated heterocycles. The van der Waals surface area contributed by atoms with Crippen molar-refractivity contribution >= 4 is 46.7 Å². The van der Waals surface area contributed by atoms with Gasteiger partial charge in [0.15, 0.2) is 5.71 Å². The summed E-state index contributed by atoms with van der Waals surface area (Å²) in [6.07, 6.45) is 2.95.